The third kappa shape index (κ3) is 4.40. The number of esters is 1. The summed E-state index contributed by atoms with van der Waals surface area (Å²) in [6, 6.07) is 11.3. The first kappa shape index (κ1) is 20.0. The minimum atomic E-state index is -0.745. The molecule has 1 amide bonds. The van der Waals surface area contributed by atoms with E-state index in [1.54, 1.807) is 0 Å². The zero-order valence-corrected chi connectivity index (χ0v) is 16.0. The second kappa shape index (κ2) is 8.51. The van der Waals surface area contributed by atoms with Crippen LogP contribution in [-0.4, -0.2) is 40.0 Å². The lowest BCUT2D eigenvalue weighted by Gasteiger charge is -2.09. The van der Waals surface area contributed by atoms with Gasteiger partial charge in [0.2, 0.25) is 0 Å². The molecule has 0 aliphatic rings. The van der Waals surface area contributed by atoms with Crippen LogP contribution in [-0.2, 0) is 11.3 Å². The number of hydrogen-bond acceptors (Lipinski definition) is 6. The fourth-order valence-electron chi connectivity index (χ4n) is 3.10. The number of para-hydroxylation sites is 2. The maximum Gasteiger partial charge on any atom is 0.338 e. The highest BCUT2D eigenvalue weighted by molar-refractivity contribution is 5.98. The van der Waals surface area contributed by atoms with Gasteiger partial charge in [-0.25, -0.2) is 9.78 Å². The van der Waals surface area contributed by atoms with Crippen molar-refractivity contribution in [2.45, 2.75) is 19.9 Å². The number of nitrogens with zero attached hydrogens (tertiary/aromatic N) is 3. The number of carbonyl (C=O) groups is 2. The third-order valence-corrected chi connectivity index (χ3v) is 4.50. The number of nitrogens with one attached hydrogen (secondary N) is 1. The van der Waals surface area contributed by atoms with Gasteiger partial charge in [0.05, 0.1) is 28.6 Å². The van der Waals surface area contributed by atoms with Gasteiger partial charge in [-0.05, 0) is 31.5 Å². The Bertz CT molecular complexity index is 1090. The molecule has 3 aromatic rings. The van der Waals surface area contributed by atoms with Gasteiger partial charge in [-0.2, -0.15) is 0 Å². The van der Waals surface area contributed by atoms with Gasteiger partial charge in [0.1, 0.15) is 5.82 Å². The van der Waals surface area contributed by atoms with Crippen molar-refractivity contribution in [1.82, 2.24) is 14.9 Å². The Morgan fingerprint density at radius 3 is 2.66 bits per heavy atom. The summed E-state index contributed by atoms with van der Waals surface area (Å²) < 4.78 is 6.66. The van der Waals surface area contributed by atoms with E-state index in [4.69, 9.17) is 0 Å². The van der Waals surface area contributed by atoms with Gasteiger partial charge in [0.25, 0.3) is 11.6 Å². The standard InChI is InChI=1S/C20H20N4O5/c1-13-22-17-6-3-4-7-18(17)23(13)9-5-8-21-19(25)14-10-15(20(26)29-2)12-16(11-14)24(27)28/h3-4,6-7,10-12H,5,8-9H2,1-2H3,(H,21,25). The van der Waals surface area contributed by atoms with E-state index in [9.17, 15) is 19.7 Å². The van der Waals surface area contributed by atoms with Gasteiger partial charge in [-0.15, -0.1) is 0 Å². The largest absolute Gasteiger partial charge is 0.465 e. The van der Waals surface area contributed by atoms with Crippen LogP contribution in [0.4, 0.5) is 5.69 Å². The van der Waals surface area contributed by atoms with Crippen molar-refractivity contribution in [3.8, 4) is 0 Å². The van der Waals surface area contributed by atoms with Crippen molar-refractivity contribution in [2.24, 2.45) is 0 Å². The van der Waals surface area contributed by atoms with E-state index in [0.717, 1.165) is 29.0 Å². The molecule has 0 saturated carbocycles. The summed E-state index contributed by atoms with van der Waals surface area (Å²) in [5.41, 5.74) is 1.58. The van der Waals surface area contributed by atoms with Gasteiger partial charge in [-0.3, -0.25) is 14.9 Å². The lowest BCUT2D eigenvalue weighted by atomic mass is 10.1. The normalized spacial score (nSPS) is 10.7. The second-order valence-corrected chi connectivity index (χ2v) is 6.43. The van der Waals surface area contributed by atoms with Crippen LogP contribution < -0.4 is 5.32 Å². The van der Waals surface area contributed by atoms with Crippen LogP contribution in [0, 0.1) is 17.0 Å². The molecule has 150 valence electrons. The minimum Gasteiger partial charge on any atom is -0.465 e. The first-order valence-corrected chi connectivity index (χ1v) is 8.98. The molecule has 0 unspecified atom stereocenters. The van der Waals surface area contributed by atoms with Crippen molar-refractivity contribution in [3.63, 3.8) is 0 Å². The number of hydrogen-bond donors (Lipinski definition) is 1. The summed E-state index contributed by atoms with van der Waals surface area (Å²) in [5.74, 6) is -0.352. The molecule has 1 heterocycles. The number of aryl methyl sites for hydroxylation is 2. The second-order valence-electron chi connectivity index (χ2n) is 6.43. The Kier molecular flexibility index (Phi) is 5.87. The predicted molar refractivity (Wildman–Crippen MR) is 106 cm³/mol. The van der Waals surface area contributed by atoms with Crippen molar-refractivity contribution in [2.75, 3.05) is 13.7 Å². The van der Waals surface area contributed by atoms with Gasteiger partial charge < -0.3 is 14.6 Å². The number of non-ortho nitro benzene ring substituents is 1. The van der Waals surface area contributed by atoms with Crippen LogP contribution in [0.5, 0.6) is 0 Å². The molecule has 0 aliphatic heterocycles. The summed E-state index contributed by atoms with van der Waals surface area (Å²) >= 11 is 0. The highest BCUT2D eigenvalue weighted by Gasteiger charge is 2.18. The average molecular weight is 396 g/mol. The minimum absolute atomic E-state index is 0.0314. The number of nitro groups is 1. The molecule has 0 atom stereocenters. The summed E-state index contributed by atoms with van der Waals surface area (Å²) in [7, 11) is 1.17. The Balaban J connectivity index is 1.66. The van der Waals surface area contributed by atoms with E-state index in [1.807, 2.05) is 31.2 Å². The van der Waals surface area contributed by atoms with E-state index < -0.39 is 16.8 Å². The highest BCUT2D eigenvalue weighted by Crippen LogP contribution is 2.18. The van der Waals surface area contributed by atoms with E-state index in [0.29, 0.717) is 19.5 Å². The van der Waals surface area contributed by atoms with Crippen molar-refractivity contribution < 1.29 is 19.2 Å². The van der Waals surface area contributed by atoms with Crippen LogP contribution >= 0.6 is 0 Å². The zero-order valence-electron chi connectivity index (χ0n) is 16.0. The monoisotopic (exact) mass is 396 g/mol. The van der Waals surface area contributed by atoms with Gasteiger partial charge in [0, 0.05) is 30.8 Å². The maximum atomic E-state index is 12.4. The number of nitro benzene ring substituents is 1. The Morgan fingerprint density at radius 1 is 1.21 bits per heavy atom. The molecule has 9 heteroatoms. The fraction of sp³-hybridized carbons (Fsp3) is 0.250. The molecule has 1 aromatic heterocycles. The number of methoxy groups -OCH3 is 1. The van der Waals surface area contributed by atoms with Crippen LogP contribution in [0.25, 0.3) is 11.0 Å². The Morgan fingerprint density at radius 2 is 1.93 bits per heavy atom. The van der Waals surface area contributed by atoms with E-state index >= 15 is 0 Å². The number of rotatable bonds is 7. The van der Waals surface area contributed by atoms with Crippen molar-refractivity contribution >= 4 is 28.6 Å². The molecule has 2 aromatic carbocycles. The first-order chi connectivity index (χ1) is 13.9. The third-order valence-electron chi connectivity index (χ3n) is 4.50. The molecule has 0 bridgehead atoms. The molecule has 29 heavy (non-hydrogen) atoms. The number of ether oxygens (including phenoxy) is 1. The molecule has 0 fully saturated rings. The van der Waals surface area contributed by atoms with Crippen LogP contribution in [0.1, 0.15) is 33.0 Å². The number of benzene rings is 2. The van der Waals surface area contributed by atoms with Gasteiger partial charge >= 0.3 is 5.97 Å². The van der Waals surface area contributed by atoms with E-state index in [-0.39, 0.29) is 16.8 Å². The first-order valence-electron chi connectivity index (χ1n) is 8.98. The molecule has 9 nitrogen and oxygen atoms in total. The molecule has 0 spiro atoms. The number of carbonyl (C=O) groups excluding carboxylic acids is 2. The number of imidazole rings is 1. The smallest absolute Gasteiger partial charge is 0.338 e. The lowest BCUT2D eigenvalue weighted by molar-refractivity contribution is -0.384. The topological polar surface area (TPSA) is 116 Å². The predicted octanol–water partition coefficient (Wildman–Crippen LogP) is 2.86. The lowest BCUT2D eigenvalue weighted by Crippen LogP contribution is -2.25. The van der Waals surface area contributed by atoms with Gasteiger partial charge in [0.15, 0.2) is 0 Å². The van der Waals surface area contributed by atoms with Crippen LogP contribution in [0.2, 0.25) is 0 Å². The Hall–Kier alpha value is -3.75. The molecular formula is C20H20N4O5. The van der Waals surface area contributed by atoms with Crippen molar-refractivity contribution in [1.29, 1.82) is 0 Å². The van der Waals surface area contributed by atoms with E-state index in [2.05, 4.69) is 19.6 Å². The fourth-order valence-corrected chi connectivity index (χ4v) is 3.10. The molecular weight excluding hydrogens is 376 g/mol. The summed E-state index contributed by atoms with van der Waals surface area (Å²) in [6.45, 7) is 2.95. The number of fused-ring (bicyclic) bond motifs is 1. The van der Waals surface area contributed by atoms with E-state index in [1.165, 1.54) is 13.2 Å². The van der Waals surface area contributed by atoms with Gasteiger partial charge in [-0.1, -0.05) is 12.1 Å². The number of aromatic nitrogens is 2. The zero-order chi connectivity index (χ0) is 21.0. The molecule has 0 radical (unpaired) electrons. The van der Waals surface area contributed by atoms with Crippen molar-refractivity contribution in [3.05, 3.63) is 69.5 Å². The molecule has 0 aliphatic carbocycles. The molecule has 0 saturated heterocycles. The maximum absolute atomic E-state index is 12.4. The SMILES string of the molecule is COC(=O)c1cc(C(=O)NCCCn2c(C)nc3ccccc32)cc([N+](=O)[O-])c1. The Labute approximate surface area is 166 Å². The van der Waals surface area contributed by atoms with Crippen LogP contribution in [0.3, 0.4) is 0 Å². The average Bonchev–Trinajstić information content (AvgIpc) is 3.05. The summed E-state index contributed by atoms with van der Waals surface area (Å²) in [4.78, 5) is 39.1. The summed E-state index contributed by atoms with van der Waals surface area (Å²) in [6.07, 6.45) is 0.645. The number of amides is 1. The highest BCUT2D eigenvalue weighted by atomic mass is 16.6. The quantitative estimate of drug-likeness (QED) is 0.284. The summed E-state index contributed by atoms with van der Waals surface area (Å²) in [5, 5.41) is 13.8. The molecule has 3 rings (SSSR count). The molecule has 1 N–H and O–H groups in total. The van der Waals surface area contributed by atoms with Crippen LogP contribution in [0.15, 0.2) is 42.5 Å².